The van der Waals surface area contributed by atoms with Gasteiger partial charge in [-0.05, 0) is 35.9 Å². The van der Waals surface area contributed by atoms with Gasteiger partial charge in [-0.2, -0.15) is 5.26 Å². The van der Waals surface area contributed by atoms with Crippen molar-refractivity contribution >= 4 is 34.6 Å². The highest BCUT2D eigenvalue weighted by Crippen LogP contribution is 2.31. The van der Waals surface area contributed by atoms with E-state index in [0.29, 0.717) is 23.9 Å². The van der Waals surface area contributed by atoms with Gasteiger partial charge in [0.1, 0.15) is 0 Å². The first-order chi connectivity index (χ1) is 9.76. The second kappa shape index (κ2) is 7.19. The molecule has 0 heterocycles. The van der Waals surface area contributed by atoms with E-state index in [1.54, 1.807) is 0 Å². The van der Waals surface area contributed by atoms with Crippen LogP contribution in [0.2, 0.25) is 5.02 Å². The lowest BCUT2D eigenvalue weighted by atomic mass is 10.1. The molecule has 0 N–H and O–H groups in total. The standard InChI is InChI=1S/C16H14Cl2N2/c17-12-13-11-14(18)7-8-16(13)20(10-4-9-19)15-5-2-1-3-6-15/h1-3,5-8,11H,4,10,12H2. The fraction of sp³-hybridized carbons (Fsp3) is 0.188. The van der Waals surface area contributed by atoms with E-state index in [4.69, 9.17) is 28.5 Å². The van der Waals surface area contributed by atoms with E-state index in [9.17, 15) is 0 Å². The molecule has 2 aromatic rings. The van der Waals surface area contributed by atoms with Crippen molar-refractivity contribution in [3.63, 3.8) is 0 Å². The maximum Gasteiger partial charge on any atom is 0.0640 e. The molecule has 0 amide bonds. The minimum absolute atomic E-state index is 0.381. The summed E-state index contributed by atoms with van der Waals surface area (Å²) in [6, 6.07) is 17.8. The van der Waals surface area contributed by atoms with E-state index < -0.39 is 0 Å². The molecule has 0 spiro atoms. The van der Waals surface area contributed by atoms with Gasteiger partial charge in [-0.25, -0.2) is 0 Å². The second-order valence-electron chi connectivity index (χ2n) is 4.30. The highest BCUT2D eigenvalue weighted by Gasteiger charge is 2.13. The first-order valence-corrected chi connectivity index (χ1v) is 7.21. The van der Waals surface area contributed by atoms with E-state index in [2.05, 4.69) is 11.0 Å². The van der Waals surface area contributed by atoms with Crippen molar-refractivity contribution in [2.24, 2.45) is 0 Å². The average molecular weight is 305 g/mol. The molecule has 0 aliphatic carbocycles. The van der Waals surface area contributed by atoms with E-state index in [0.717, 1.165) is 16.9 Å². The fourth-order valence-electron chi connectivity index (χ4n) is 2.08. The summed E-state index contributed by atoms with van der Waals surface area (Å²) in [4.78, 5) is 2.09. The van der Waals surface area contributed by atoms with Gasteiger partial charge in [-0.15, -0.1) is 11.6 Å². The van der Waals surface area contributed by atoms with Gasteiger partial charge in [0.25, 0.3) is 0 Å². The van der Waals surface area contributed by atoms with Gasteiger partial charge < -0.3 is 4.90 Å². The molecular weight excluding hydrogens is 291 g/mol. The second-order valence-corrected chi connectivity index (χ2v) is 5.01. The van der Waals surface area contributed by atoms with E-state index >= 15 is 0 Å². The first kappa shape index (κ1) is 14.7. The van der Waals surface area contributed by atoms with E-state index in [1.165, 1.54) is 0 Å². The van der Waals surface area contributed by atoms with Crippen LogP contribution in [0.15, 0.2) is 48.5 Å². The van der Waals surface area contributed by atoms with Gasteiger partial charge in [0.05, 0.1) is 12.5 Å². The molecule has 0 aliphatic rings. The first-order valence-electron chi connectivity index (χ1n) is 6.30. The topological polar surface area (TPSA) is 27.0 Å². The van der Waals surface area contributed by atoms with Crippen LogP contribution in [-0.4, -0.2) is 6.54 Å². The number of alkyl halides is 1. The summed E-state index contributed by atoms with van der Waals surface area (Å²) in [5, 5.41) is 9.52. The number of hydrogen-bond acceptors (Lipinski definition) is 2. The SMILES string of the molecule is N#CCCN(c1ccccc1)c1ccc(Cl)cc1CCl. The normalized spacial score (nSPS) is 10.1. The quantitative estimate of drug-likeness (QED) is 0.716. The van der Waals surface area contributed by atoms with Crippen molar-refractivity contribution in [1.29, 1.82) is 5.26 Å². The van der Waals surface area contributed by atoms with Crippen molar-refractivity contribution in [2.75, 3.05) is 11.4 Å². The molecule has 0 saturated carbocycles. The zero-order chi connectivity index (χ0) is 14.4. The Morgan fingerprint density at radius 2 is 1.85 bits per heavy atom. The molecule has 102 valence electrons. The van der Waals surface area contributed by atoms with Crippen LogP contribution in [0.25, 0.3) is 0 Å². The number of hydrogen-bond donors (Lipinski definition) is 0. The highest BCUT2D eigenvalue weighted by molar-refractivity contribution is 6.30. The van der Waals surface area contributed by atoms with Crippen LogP contribution < -0.4 is 4.90 Å². The third-order valence-corrected chi connectivity index (χ3v) is 3.51. The minimum atomic E-state index is 0.381. The van der Waals surface area contributed by atoms with Gasteiger partial charge in [0.2, 0.25) is 0 Å². The maximum atomic E-state index is 8.86. The monoisotopic (exact) mass is 304 g/mol. The molecule has 0 atom stereocenters. The van der Waals surface area contributed by atoms with Crippen LogP contribution in [0.4, 0.5) is 11.4 Å². The summed E-state index contributed by atoms with van der Waals surface area (Å²) in [5.74, 6) is 0.381. The predicted molar refractivity (Wildman–Crippen MR) is 84.7 cm³/mol. The Kier molecular flexibility index (Phi) is 5.29. The molecule has 4 heteroatoms. The van der Waals surface area contributed by atoms with Gasteiger partial charge in [0, 0.05) is 28.8 Å². The van der Waals surface area contributed by atoms with Crippen LogP contribution in [0, 0.1) is 11.3 Å². The van der Waals surface area contributed by atoms with Crippen LogP contribution in [0.3, 0.4) is 0 Å². The third kappa shape index (κ3) is 3.45. The zero-order valence-corrected chi connectivity index (χ0v) is 12.4. The van der Waals surface area contributed by atoms with E-state index in [1.807, 2.05) is 48.5 Å². The molecule has 2 rings (SSSR count). The van der Waals surface area contributed by atoms with Crippen LogP contribution in [0.5, 0.6) is 0 Å². The molecule has 0 bridgehead atoms. The Labute approximate surface area is 129 Å². The number of para-hydroxylation sites is 1. The molecule has 2 aromatic carbocycles. The summed E-state index contributed by atoms with van der Waals surface area (Å²) in [7, 11) is 0. The maximum absolute atomic E-state index is 8.86. The lowest BCUT2D eigenvalue weighted by Crippen LogP contribution is -2.19. The number of anilines is 2. The van der Waals surface area contributed by atoms with Crippen LogP contribution >= 0.6 is 23.2 Å². The average Bonchev–Trinajstić information content (AvgIpc) is 2.49. The molecule has 20 heavy (non-hydrogen) atoms. The number of benzene rings is 2. The number of nitriles is 1. The van der Waals surface area contributed by atoms with Gasteiger partial charge in [-0.3, -0.25) is 0 Å². The van der Waals surface area contributed by atoms with Gasteiger partial charge in [-0.1, -0.05) is 29.8 Å². The fourth-order valence-corrected chi connectivity index (χ4v) is 2.49. The number of rotatable bonds is 5. The van der Waals surface area contributed by atoms with Crippen molar-refractivity contribution < 1.29 is 0 Å². The lowest BCUT2D eigenvalue weighted by molar-refractivity contribution is 0.942. The summed E-state index contributed by atoms with van der Waals surface area (Å²) in [6.07, 6.45) is 0.444. The van der Waals surface area contributed by atoms with Crippen molar-refractivity contribution in [3.8, 4) is 6.07 Å². The lowest BCUT2D eigenvalue weighted by Gasteiger charge is -2.26. The summed E-state index contributed by atoms with van der Waals surface area (Å²) >= 11 is 12.0. The molecule has 0 radical (unpaired) electrons. The molecular formula is C16H14Cl2N2. The Bertz CT molecular complexity index is 606. The zero-order valence-electron chi connectivity index (χ0n) is 10.9. The van der Waals surface area contributed by atoms with Crippen LogP contribution in [-0.2, 0) is 5.88 Å². The Hall–Kier alpha value is -1.69. The molecule has 0 aliphatic heterocycles. The molecule has 2 nitrogen and oxygen atoms in total. The third-order valence-electron chi connectivity index (χ3n) is 2.99. The largest absolute Gasteiger partial charge is 0.340 e. The minimum Gasteiger partial charge on any atom is -0.340 e. The number of halogens is 2. The van der Waals surface area contributed by atoms with Crippen LogP contribution in [0.1, 0.15) is 12.0 Å². The number of nitrogens with zero attached hydrogens (tertiary/aromatic N) is 2. The molecule has 0 saturated heterocycles. The molecule has 0 aromatic heterocycles. The molecule has 0 fully saturated rings. The summed E-state index contributed by atoms with van der Waals surface area (Å²) < 4.78 is 0. The van der Waals surface area contributed by atoms with Crippen molar-refractivity contribution in [2.45, 2.75) is 12.3 Å². The van der Waals surface area contributed by atoms with Gasteiger partial charge in [0.15, 0.2) is 0 Å². The Morgan fingerprint density at radius 1 is 1.10 bits per heavy atom. The van der Waals surface area contributed by atoms with Crippen molar-refractivity contribution in [1.82, 2.24) is 0 Å². The van der Waals surface area contributed by atoms with Gasteiger partial charge >= 0.3 is 0 Å². The summed E-state index contributed by atoms with van der Waals surface area (Å²) in [6.45, 7) is 0.617. The van der Waals surface area contributed by atoms with Crippen molar-refractivity contribution in [3.05, 3.63) is 59.1 Å². The highest BCUT2D eigenvalue weighted by atomic mass is 35.5. The Balaban J connectivity index is 2.44. The predicted octanol–water partition coefficient (Wildman–Crippen LogP) is 5.13. The van der Waals surface area contributed by atoms with E-state index in [-0.39, 0.29) is 0 Å². The molecule has 0 unspecified atom stereocenters. The Morgan fingerprint density at radius 3 is 2.50 bits per heavy atom. The smallest absolute Gasteiger partial charge is 0.0640 e. The summed E-state index contributed by atoms with van der Waals surface area (Å²) in [5.41, 5.74) is 2.99.